The van der Waals surface area contributed by atoms with Crippen molar-refractivity contribution in [1.29, 1.82) is 0 Å². The van der Waals surface area contributed by atoms with E-state index in [0.717, 1.165) is 0 Å². The van der Waals surface area contributed by atoms with Gasteiger partial charge >= 0.3 is 11.9 Å². The van der Waals surface area contributed by atoms with Crippen LogP contribution in [0.1, 0.15) is 23.6 Å². The zero-order valence-electron chi connectivity index (χ0n) is 16.3. The van der Waals surface area contributed by atoms with Gasteiger partial charge in [-0.25, -0.2) is 14.6 Å². The predicted molar refractivity (Wildman–Crippen MR) is 107 cm³/mol. The third kappa shape index (κ3) is 4.88. The molecule has 154 valence electrons. The fraction of sp³-hybridized carbons (Fsp3) is 0.190. The number of aryl methyl sites for hydroxylation is 1. The van der Waals surface area contributed by atoms with Gasteiger partial charge in [0.25, 0.3) is 5.69 Å². The Morgan fingerprint density at radius 3 is 2.63 bits per heavy atom. The van der Waals surface area contributed by atoms with Crippen molar-refractivity contribution in [2.24, 2.45) is 4.99 Å². The lowest BCUT2D eigenvalue weighted by molar-refractivity contribution is -0.385. The number of carbonyl (C=O) groups is 2. The molecule has 1 heterocycles. The SMILES string of the molecule is CCOC(=O)COc1ccc(/C=C2\N=C(c3ccc(C)c([N+](=O)[O-])c3)OC2=O)cc1. The van der Waals surface area contributed by atoms with Gasteiger partial charge in [-0.05, 0) is 43.7 Å². The Hall–Kier alpha value is -4.01. The van der Waals surface area contributed by atoms with Crippen molar-refractivity contribution in [3.05, 3.63) is 75.0 Å². The number of rotatable bonds is 7. The lowest BCUT2D eigenvalue weighted by Crippen LogP contribution is -2.14. The van der Waals surface area contributed by atoms with Crippen LogP contribution < -0.4 is 4.74 Å². The van der Waals surface area contributed by atoms with Crippen LogP contribution >= 0.6 is 0 Å². The lowest BCUT2D eigenvalue weighted by atomic mass is 10.1. The fourth-order valence-electron chi connectivity index (χ4n) is 2.63. The van der Waals surface area contributed by atoms with Crippen molar-refractivity contribution in [1.82, 2.24) is 0 Å². The molecule has 30 heavy (non-hydrogen) atoms. The number of nitrogens with zero attached hydrogens (tertiary/aromatic N) is 2. The maximum absolute atomic E-state index is 12.1. The molecule has 3 rings (SSSR count). The van der Waals surface area contributed by atoms with E-state index >= 15 is 0 Å². The second-order valence-corrected chi connectivity index (χ2v) is 6.26. The first-order valence-electron chi connectivity index (χ1n) is 9.04. The molecule has 0 atom stereocenters. The van der Waals surface area contributed by atoms with E-state index in [1.54, 1.807) is 50.2 Å². The Morgan fingerprint density at radius 1 is 1.23 bits per heavy atom. The predicted octanol–water partition coefficient (Wildman–Crippen LogP) is 3.19. The molecular weight excluding hydrogens is 392 g/mol. The molecule has 0 spiro atoms. The Balaban J connectivity index is 1.75. The number of benzene rings is 2. The minimum absolute atomic E-state index is 0.00346. The highest BCUT2D eigenvalue weighted by atomic mass is 16.6. The smallest absolute Gasteiger partial charge is 0.363 e. The minimum Gasteiger partial charge on any atom is -0.482 e. The van der Waals surface area contributed by atoms with Crippen molar-refractivity contribution in [2.45, 2.75) is 13.8 Å². The van der Waals surface area contributed by atoms with E-state index in [1.165, 1.54) is 12.1 Å². The molecule has 0 radical (unpaired) electrons. The number of hydrogen-bond acceptors (Lipinski definition) is 8. The van der Waals surface area contributed by atoms with E-state index in [1.807, 2.05) is 0 Å². The molecular formula is C21H18N2O7. The first-order valence-corrected chi connectivity index (χ1v) is 9.04. The van der Waals surface area contributed by atoms with E-state index < -0.39 is 16.9 Å². The van der Waals surface area contributed by atoms with Crippen LogP contribution in [0.15, 0.2) is 53.2 Å². The average molecular weight is 410 g/mol. The van der Waals surface area contributed by atoms with E-state index in [4.69, 9.17) is 14.2 Å². The largest absolute Gasteiger partial charge is 0.482 e. The van der Waals surface area contributed by atoms with Crippen molar-refractivity contribution in [3.63, 3.8) is 0 Å². The maximum atomic E-state index is 12.1. The van der Waals surface area contributed by atoms with Gasteiger partial charge in [-0.1, -0.05) is 18.2 Å². The molecule has 1 aliphatic rings. The van der Waals surface area contributed by atoms with Crippen LogP contribution in [0, 0.1) is 17.0 Å². The summed E-state index contributed by atoms with van der Waals surface area (Å²) in [5.41, 5.74) is 1.47. The Kier molecular flexibility index (Phi) is 6.21. The highest BCUT2D eigenvalue weighted by Gasteiger charge is 2.25. The summed E-state index contributed by atoms with van der Waals surface area (Å²) in [6.07, 6.45) is 1.52. The number of carbonyl (C=O) groups excluding carboxylic acids is 2. The summed E-state index contributed by atoms with van der Waals surface area (Å²) in [4.78, 5) is 38.2. The second kappa shape index (κ2) is 8.99. The van der Waals surface area contributed by atoms with Gasteiger partial charge in [0.2, 0.25) is 5.90 Å². The number of nitro benzene ring substituents is 1. The number of esters is 2. The molecule has 0 bridgehead atoms. The first-order chi connectivity index (χ1) is 14.4. The van der Waals surface area contributed by atoms with Crippen LogP contribution in [0.4, 0.5) is 5.69 Å². The molecule has 0 saturated heterocycles. The lowest BCUT2D eigenvalue weighted by Gasteiger charge is -2.05. The molecule has 2 aromatic rings. The molecule has 0 aliphatic carbocycles. The molecule has 1 aliphatic heterocycles. The van der Waals surface area contributed by atoms with E-state index in [9.17, 15) is 19.7 Å². The van der Waals surface area contributed by atoms with Crippen molar-refractivity contribution < 1.29 is 28.7 Å². The quantitative estimate of drug-likeness (QED) is 0.298. The van der Waals surface area contributed by atoms with Gasteiger partial charge < -0.3 is 14.2 Å². The van der Waals surface area contributed by atoms with Gasteiger partial charge in [-0.3, -0.25) is 10.1 Å². The van der Waals surface area contributed by atoms with Crippen molar-refractivity contribution >= 4 is 29.6 Å². The van der Waals surface area contributed by atoms with Gasteiger partial charge in [0.15, 0.2) is 12.3 Å². The zero-order valence-corrected chi connectivity index (χ0v) is 16.3. The van der Waals surface area contributed by atoms with Gasteiger partial charge in [-0.2, -0.15) is 0 Å². The third-order valence-corrected chi connectivity index (χ3v) is 4.12. The standard InChI is InChI=1S/C21H18N2O7/c1-3-28-19(24)12-29-16-8-5-14(6-9-16)10-17-21(25)30-20(22-17)15-7-4-13(2)18(11-15)23(26)27/h4-11H,3,12H2,1-2H3/b17-10-. The number of cyclic esters (lactones) is 1. The summed E-state index contributed by atoms with van der Waals surface area (Å²) in [5, 5.41) is 11.1. The van der Waals surface area contributed by atoms with Crippen LogP contribution in [-0.4, -0.2) is 36.0 Å². The van der Waals surface area contributed by atoms with Crippen LogP contribution in [0.3, 0.4) is 0 Å². The minimum atomic E-state index is -0.657. The molecule has 9 heteroatoms. The number of nitro groups is 1. The van der Waals surface area contributed by atoms with E-state index in [2.05, 4.69) is 4.99 Å². The fourth-order valence-corrected chi connectivity index (χ4v) is 2.63. The van der Waals surface area contributed by atoms with Crippen molar-refractivity contribution in [2.75, 3.05) is 13.2 Å². The average Bonchev–Trinajstić information content (AvgIpc) is 3.08. The Labute approximate surface area is 171 Å². The molecule has 9 nitrogen and oxygen atoms in total. The topological polar surface area (TPSA) is 117 Å². The summed E-state index contributed by atoms with van der Waals surface area (Å²) < 4.78 is 15.3. The monoisotopic (exact) mass is 410 g/mol. The number of aliphatic imine (C=N–C) groups is 1. The maximum Gasteiger partial charge on any atom is 0.363 e. The van der Waals surface area contributed by atoms with Crippen LogP contribution in [-0.2, 0) is 19.1 Å². The zero-order chi connectivity index (χ0) is 21.7. The van der Waals surface area contributed by atoms with Crippen LogP contribution in [0.5, 0.6) is 5.75 Å². The summed E-state index contributed by atoms with van der Waals surface area (Å²) >= 11 is 0. The number of hydrogen-bond donors (Lipinski definition) is 0. The van der Waals surface area contributed by atoms with Crippen molar-refractivity contribution in [3.8, 4) is 5.75 Å². The van der Waals surface area contributed by atoms with Gasteiger partial charge in [0, 0.05) is 17.2 Å². The normalized spacial score (nSPS) is 14.3. The number of ether oxygens (including phenoxy) is 3. The summed E-state index contributed by atoms with van der Waals surface area (Å²) in [6.45, 7) is 3.41. The van der Waals surface area contributed by atoms with Gasteiger partial charge in [0.1, 0.15) is 5.75 Å². The molecule has 0 fully saturated rings. The molecule has 0 N–H and O–H groups in total. The van der Waals surface area contributed by atoms with Gasteiger partial charge in [-0.15, -0.1) is 0 Å². The highest BCUT2D eigenvalue weighted by Crippen LogP contribution is 2.24. The summed E-state index contributed by atoms with van der Waals surface area (Å²) in [6, 6.07) is 11.1. The molecule has 0 amide bonds. The Morgan fingerprint density at radius 2 is 1.97 bits per heavy atom. The van der Waals surface area contributed by atoms with Crippen LogP contribution in [0.25, 0.3) is 6.08 Å². The summed E-state index contributed by atoms with van der Waals surface area (Å²) in [5.74, 6) is -0.648. The first kappa shape index (κ1) is 20.7. The Bertz CT molecular complexity index is 1060. The van der Waals surface area contributed by atoms with Crippen LogP contribution in [0.2, 0.25) is 0 Å². The molecule has 2 aromatic carbocycles. The van der Waals surface area contributed by atoms with Gasteiger partial charge in [0.05, 0.1) is 11.5 Å². The molecule has 0 aromatic heterocycles. The molecule has 0 unspecified atom stereocenters. The third-order valence-electron chi connectivity index (χ3n) is 4.12. The highest BCUT2D eigenvalue weighted by molar-refractivity contribution is 6.13. The molecule has 0 saturated carbocycles. The van der Waals surface area contributed by atoms with E-state index in [0.29, 0.717) is 22.4 Å². The second-order valence-electron chi connectivity index (χ2n) is 6.26. The summed E-state index contributed by atoms with van der Waals surface area (Å²) in [7, 11) is 0. The van der Waals surface area contributed by atoms with E-state index in [-0.39, 0.29) is 30.5 Å².